The molecule has 0 spiro atoms. The molecule has 2 fully saturated rings. The molecule has 2 bridgehead atoms. The van der Waals surface area contributed by atoms with E-state index in [4.69, 9.17) is 9.97 Å². The Balaban J connectivity index is 1.38. The summed E-state index contributed by atoms with van der Waals surface area (Å²) in [5.41, 5.74) is 2.60. The van der Waals surface area contributed by atoms with Crippen LogP contribution in [0.3, 0.4) is 0 Å². The predicted molar refractivity (Wildman–Crippen MR) is 103 cm³/mol. The number of fused-ring (bicyclic) bond motifs is 4. The van der Waals surface area contributed by atoms with Gasteiger partial charge < -0.3 is 10.0 Å². The molecule has 6 heteroatoms. The Kier molecular flexibility index (Phi) is 4.43. The van der Waals surface area contributed by atoms with Crippen molar-refractivity contribution in [3.8, 4) is 0 Å². The number of rotatable bonds is 4. The second-order valence-electron chi connectivity index (χ2n) is 7.91. The predicted octanol–water partition coefficient (Wildman–Crippen LogP) is 3.01. The zero-order valence-electron chi connectivity index (χ0n) is 15.0. The summed E-state index contributed by atoms with van der Waals surface area (Å²) in [6, 6.07) is 5.48. The molecule has 138 valence electrons. The largest absolute Gasteiger partial charge is 0.396 e. The van der Waals surface area contributed by atoms with Crippen LogP contribution in [0.25, 0.3) is 0 Å². The van der Waals surface area contributed by atoms with E-state index in [-0.39, 0.29) is 6.61 Å². The van der Waals surface area contributed by atoms with Gasteiger partial charge >= 0.3 is 0 Å². The van der Waals surface area contributed by atoms with E-state index in [9.17, 15) is 5.11 Å². The van der Waals surface area contributed by atoms with E-state index in [0.717, 1.165) is 44.8 Å². The second-order valence-corrected chi connectivity index (χ2v) is 8.94. The quantitative estimate of drug-likeness (QED) is 0.897. The topological polar surface area (TPSA) is 52.5 Å². The van der Waals surface area contributed by atoms with Crippen LogP contribution in [0.2, 0.25) is 0 Å². The number of piperidine rings is 1. The second kappa shape index (κ2) is 6.91. The van der Waals surface area contributed by atoms with Crippen LogP contribution in [0.4, 0.5) is 5.95 Å². The number of aliphatic hydroxyl groups is 1. The van der Waals surface area contributed by atoms with Gasteiger partial charge in [-0.15, -0.1) is 11.3 Å². The maximum Gasteiger partial charge on any atom is 0.225 e. The summed E-state index contributed by atoms with van der Waals surface area (Å²) in [4.78, 5) is 16.1. The average Bonchev–Trinajstić information content (AvgIpc) is 3.29. The van der Waals surface area contributed by atoms with E-state index >= 15 is 0 Å². The first-order chi connectivity index (χ1) is 12.8. The van der Waals surface area contributed by atoms with Crippen molar-refractivity contribution in [1.82, 2.24) is 14.9 Å². The van der Waals surface area contributed by atoms with E-state index in [0.29, 0.717) is 18.0 Å². The monoisotopic (exact) mass is 370 g/mol. The lowest BCUT2D eigenvalue weighted by atomic mass is 9.98. The summed E-state index contributed by atoms with van der Waals surface area (Å²) >= 11 is 1.85. The number of hydrogen-bond donors (Lipinski definition) is 1. The summed E-state index contributed by atoms with van der Waals surface area (Å²) in [7, 11) is 0. The Hall–Kier alpha value is -1.50. The third-order valence-electron chi connectivity index (χ3n) is 6.30. The van der Waals surface area contributed by atoms with Crippen molar-refractivity contribution in [2.75, 3.05) is 24.6 Å². The minimum atomic E-state index is 0.267. The molecule has 5 heterocycles. The summed E-state index contributed by atoms with van der Waals surface area (Å²) in [6.07, 6.45) is 7.85. The van der Waals surface area contributed by atoms with E-state index in [1.807, 2.05) is 11.3 Å². The van der Waals surface area contributed by atoms with Gasteiger partial charge in [-0.05, 0) is 43.0 Å². The first-order valence-electron chi connectivity index (χ1n) is 9.81. The van der Waals surface area contributed by atoms with Crippen molar-refractivity contribution in [3.63, 3.8) is 0 Å². The molecular formula is C20H26N4OS. The van der Waals surface area contributed by atoms with Crippen LogP contribution >= 0.6 is 11.3 Å². The standard InChI is InChI=1S/C20H26N4OS/c25-13-14-3-1-7-23(11-14)20-21-10-17-18(22-20)9-15-5-6-19(17)24(15)12-16-4-2-8-26-16/h2,4,8,10,14-15,19,25H,1,3,5-7,9,11-13H2. The Bertz CT molecular complexity index is 765. The molecule has 5 rings (SSSR count). The van der Waals surface area contributed by atoms with E-state index < -0.39 is 0 Å². The average molecular weight is 371 g/mol. The van der Waals surface area contributed by atoms with Crippen LogP contribution in [-0.2, 0) is 13.0 Å². The zero-order chi connectivity index (χ0) is 17.5. The highest BCUT2D eigenvalue weighted by molar-refractivity contribution is 7.09. The van der Waals surface area contributed by atoms with Gasteiger partial charge in [0, 0.05) is 61.4 Å². The Morgan fingerprint density at radius 3 is 3.08 bits per heavy atom. The Labute approximate surface area is 158 Å². The summed E-state index contributed by atoms with van der Waals surface area (Å²) in [6.45, 7) is 3.21. The third-order valence-corrected chi connectivity index (χ3v) is 7.16. The maximum atomic E-state index is 9.49. The number of aliphatic hydroxyl groups excluding tert-OH is 1. The molecule has 26 heavy (non-hydrogen) atoms. The number of anilines is 1. The molecule has 0 amide bonds. The smallest absolute Gasteiger partial charge is 0.225 e. The highest BCUT2D eigenvalue weighted by Gasteiger charge is 2.41. The minimum Gasteiger partial charge on any atom is -0.396 e. The van der Waals surface area contributed by atoms with Gasteiger partial charge in [-0.1, -0.05) is 6.07 Å². The fraction of sp³-hybridized carbons (Fsp3) is 0.600. The molecular weight excluding hydrogens is 344 g/mol. The molecule has 1 N–H and O–H groups in total. The number of hydrogen-bond acceptors (Lipinski definition) is 6. The lowest BCUT2D eigenvalue weighted by Crippen LogP contribution is -2.40. The molecule has 0 aromatic carbocycles. The van der Waals surface area contributed by atoms with Gasteiger partial charge in [0.15, 0.2) is 0 Å². The molecule has 0 saturated carbocycles. The van der Waals surface area contributed by atoms with Crippen molar-refractivity contribution >= 4 is 17.3 Å². The van der Waals surface area contributed by atoms with Gasteiger partial charge in [-0.3, -0.25) is 4.90 Å². The molecule has 2 saturated heterocycles. The number of nitrogens with zero attached hydrogens (tertiary/aromatic N) is 4. The van der Waals surface area contributed by atoms with Crippen molar-refractivity contribution in [1.29, 1.82) is 0 Å². The SMILES string of the molecule is OCC1CCCN(c2ncc3c(n2)CC2CCC3N2Cc2cccs2)C1. The number of thiophene rings is 1. The van der Waals surface area contributed by atoms with Crippen LogP contribution in [-0.4, -0.2) is 45.7 Å². The molecule has 0 radical (unpaired) electrons. The van der Waals surface area contributed by atoms with Crippen molar-refractivity contribution in [3.05, 3.63) is 39.8 Å². The molecule has 2 aromatic rings. The van der Waals surface area contributed by atoms with Gasteiger partial charge in [-0.25, -0.2) is 9.97 Å². The first-order valence-corrected chi connectivity index (χ1v) is 10.7. The van der Waals surface area contributed by atoms with Crippen molar-refractivity contribution in [2.45, 2.75) is 50.7 Å². The van der Waals surface area contributed by atoms with Crippen LogP contribution < -0.4 is 4.90 Å². The molecule has 3 atom stereocenters. The van der Waals surface area contributed by atoms with E-state index in [2.05, 4.69) is 33.5 Å². The van der Waals surface area contributed by atoms with Crippen LogP contribution in [0.1, 0.15) is 47.9 Å². The normalized spacial score (nSPS) is 28.3. The zero-order valence-corrected chi connectivity index (χ0v) is 15.9. The van der Waals surface area contributed by atoms with Crippen LogP contribution in [0.15, 0.2) is 23.7 Å². The van der Waals surface area contributed by atoms with Gasteiger partial charge in [0.1, 0.15) is 0 Å². The summed E-state index contributed by atoms with van der Waals surface area (Å²) < 4.78 is 0. The van der Waals surface area contributed by atoms with Gasteiger partial charge in [0.2, 0.25) is 5.95 Å². The molecule has 3 aliphatic rings. The summed E-state index contributed by atoms with van der Waals surface area (Å²) in [5.74, 6) is 1.23. The Morgan fingerprint density at radius 1 is 1.27 bits per heavy atom. The van der Waals surface area contributed by atoms with Gasteiger partial charge in [0.05, 0.1) is 5.69 Å². The van der Waals surface area contributed by atoms with Crippen LogP contribution in [0, 0.1) is 5.92 Å². The lowest BCUT2D eigenvalue weighted by molar-refractivity contribution is 0.167. The van der Waals surface area contributed by atoms with Gasteiger partial charge in [-0.2, -0.15) is 0 Å². The minimum absolute atomic E-state index is 0.267. The lowest BCUT2D eigenvalue weighted by Gasteiger charge is -2.36. The van der Waals surface area contributed by atoms with Crippen molar-refractivity contribution < 1.29 is 5.11 Å². The number of aromatic nitrogens is 2. The maximum absolute atomic E-state index is 9.49. The molecule has 0 aliphatic carbocycles. The Morgan fingerprint density at radius 2 is 2.23 bits per heavy atom. The third kappa shape index (κ3) is 2.94. The molecule has 3 aliphatic heterocycles. The molecule has 2 aromatic heterocycles. The molecule has 3 unspecified atom stereocenters. The first kappa shape index (κ1) is 16.7. The fourth-order valence-corrected chi connectivity index (χ4v) is 5.65. The highest BCUT2D eigenvalue weighted by Crippen LogP contribution is 2.44. The van der Waals surface area contributed by atoms with Crippen LogP contribution in [0.5, 0.6) is 0 Å². The van der Waals surface area contributed by atoms with E-state index in [1.165, 1.54) is 29.0 Å². The van der Waals surface area contributed by atoms with Gasteiger partial charge in [0.25, 0.3) is 0 Å². The molecule has 5 nitrogen and oxygen atoms in total. The van der Waals surface area contributed by atoms with Crippen molar-refractivity contribution in [2.24, 2.45) is 5.92 Å². The van der Waals surface area contributed by atoms with E-state index in [1.54, 1.807) is 0 Å². The summed E-state index contributed by atoms with van der Waals surface area (Å²) in [5, 5.41) is 11.7. The fourth-order valence-electron chi connectivity index (χ4n) is 4.94. The highest BCUT2D eigenvalue weighted by atomic mass is 32.1.